The molecule has 1 aromatic rings. The number of halogens is 2. The first-order chi connectivity index (χ1) is 10.1. The van der Waals surface area contributed by atoms with E-state index in [2.05, 4.69) is 20.3 Å². The summed E-state index contributed by atoms with van der Waals surface area (Å²) in [7, 11) is 1.69. The van der Waals surface area contributed by atoms with E-state index in [-0.39, 0.29) is 11.6 Å². The van der Waals surface area contributed by atoms with Crippen LogP contribution in [-0.4, -0.2) is 41.9 Å². The largest absolute Gasteiger partial charge is 0.383 e. The highest BCUT2D eigenvalue weighted by Crippen LogP contribution is 2.28. The van der Waals surface area contributed by atoms with E-state index < -0.39 is 6.29 Å². The van der Waals surface area contributed by atoms with Crippen LogP contribution in [-0.2, 0) is 15.9 Å². The lowest BCUT2D eigenvalue weighted by molar-refractivity contribution is -0.344. The molecule has 0 amide bonds. The van der Waals surface area contributed by atoms with E-state index in [0.717, 1.165) is 24.2 Å². The summed E-state index contributed by atoms with van der Waals surface area (Å²) >= 11 is 12.0. The lowest BCUT2D eigenvalue weighted by Gasteiger charge is -2.34. The van der Waals surface area contributed by atoms with Crippen molar-refractivity contribution in [3.05, 3.63) is 27.8 Å². The molecule has 0 atom stereocenters. The van der Waals surface area contributed by atoms with Crippen LogP contribution < -0.4 is 5.32 Å². The van der Waals surface area contributed by atoms with Crippen molar-refractivity contribution in [3.8, 4) is 0 Å². The zero-order chi connectivity index (χ0) is 15.0. The summed E-state index contributed by atoms with van der Waals surface area (Å²) in [6, 6.07) is 0. The van der Waals surface area contributed by atoms with Gasteiger partial charge in [-0.2, -0.15) is 0 Å². The first-order valence-corrected chi connectivity index (χ1v) is 7.29. The van der Waals surface area contributed by atoms with Crippen molar-refractivity contribution >= 4 is 34.6 Å². The SMILES string of the molecule is C/N=C(\C=C1/NCCc2c(Cl)nc(Cl)nc21)C1OC(C)O1. The molecule has 2 aliphatic heterocycles. The van der Waals surface area contributed by atoms with E-state index in [1.54, 1.807) is 7.05 Å². The Hall–Kier alpha value is -1.21. The highest BCUT2D eigenvalue weighted by Gasteiger charge is 2.31. The first kappa shape index (κ1) is 14.7. The highest BCUT2D eigenvalue weighted by molar-refractivity contribution is 6.32. The zero-order valence-electron chi connectivity index (χ0n) is 11.6. The second-order valence-corrected chi connectivity index (χ2v) is 5.36. The Morgan fingerprint density at radius 2 is 2.14 bits per heavy atom. The van der Waals surface area contributed by atoms with Gasteiger partial charge in [-0.15, -0.1) is 0 Å². The summed E-state index contributed by atoms with van der Waals surface area (Å²) in [4.78, 5) is 12.4. The molecule has 0 saturated carbocycles. The lowest BCUT2D eigenvalue weighted by Crippen LogP contribution is -2.44. The smallest absolute Gasteiger partial charge is 0.224 e. The highest BCUT2D eigenvalue weighted by atomic mass is 35.5. The van der Waals surface area contributed by atoms with Crippen molar-refractivity contribution in [2.24, 2.45) is 4.99 Å². The summed E-state index contributed by atoms with van der Waals surface area (Å²) in [5.74, 6) is 0. The van der Waals surface area contributed by atoms with Crippen LogP contribution in [0.25, 0.3) is 5.70 Å². The third-order valence-electron chi connectivity index (χ3n) is 3.30. The fourth-order valence-corrected chi connectivity index (χ4v) is 2.76. The van der Waals surface area contributed by atoms with Crippen LogP contribution in [0.3, 0.4) is 0 Å². The fraction of sp³-hybridized carbons (Fsp3) is 0.462. The molecule has 0 aliphatic carbocycles. The number of nitrogens with zero attached hydrogens (tertiary/aromatic N) is 3. The maximum Gasteiger partial charge on any atom is 0.224 e. The number of rotatable bonds is 2. The Bertz CT molecular complexity index is 627. The van der Waals surface area contributed by atoms with Gasteiger partial charge in [-0.3, -0.25) is 4.99 Å². The van der Waals surface area contributed by atoms with E-state index in [1.165, 1.54) is 0 Å². The molecule has 0 bridgehead atoms. The van der Waals surface area contributed by atoms with Gasteiger partial charge in [0.15, 0.2) is 6.29 Å². The van der Waals surface area contributed by atoms with Crippen LogP contribution in [0.4, 0.5) is 0 Å². The van der Waals surface area contributed by atoms with E-state index >= 15 is 0 Å². The average Bonchev–Trinajstić information content (AvgIpc) is 2.42. The van der Waals surface area contributed by atoms with Gasteiger partial charge >= 0.3 is 0 Å². The fourth-order valence-electron chi connectivity index (χ4n) is 2.28. The van der Waals surface area contributed by atoms with Gasteiger partial charge in [-0.25, -0.2) is 9.97 Å². The molecule has 0 radical (unpaired) electrons. The predicted octanol–water partition coefficient (Wildman–Crippen LogP) is 2.06. The minimum atomic E-state index is -0.447. The van der Waals surface area contributed by atoms with Crippen LogP contribution in [0.15, 0.2) is 11.1 Å². The maximum absolute atomic E-state index is 6.13. The van der Waals surface area contributed by atoms with Gasteiger partial charge in [0.2, 0.25) is 11.6 Å². The molecule has 3 rings (SSSR count). The number of hydrogen-bond donors (Lipinski definition) is 1. The molecule has 0 aromatic carbocycles. The predicted molar refractivity (Wildman–Crippen MR) is 80.5 cm³/mol. The van der Waals surface area contributed by atoms with Gasteiger partial charge in [-0.05, 0) is 31.0 Å². The quantitative estimate of drug-likeness (QED) is 0.511. The van der Waals surface area contributed by atoms with Crippen molar-refractivity contribution in [1.29, 1.82) is 0 Å². The normalized spacial score (nSPS) is 27.0. The molecule has 1 aromatic heterocycles. The van der Waals surface area contributed by atoms with Crippen LogP contribution >= 0.6 is 23.2 Å². The van der Waals surface area contributed by atoms with E-state index in [9.17, 15) is 0 Å². The summed E-state index contributed by atoms with van der Waals surface area (Å²) in [6.07, 6.45) is 1.93. The molecule has 1 N–H and O–H groups in total. The minimum Gasteiger partial charge on any atom is -0.383 e. The van der Waals surface area contributed by atoms with Gasteiger partial charge < -0.3 is 14.8 Å². The third kappa shape index (κ3) is 2.89. The van der Waals surface area contributed by atoms with Crippen LogP contribution in [0.5, 0.6) is 0 Å². The summed E-state index contributed by atoms with van der Waals surface area (Å²) in [5.41, 5.74) is 3.04. The molecule has 3 heterocycles. The second-order valence-electron chi connectivity index (χ2n) is 4.67. The van der Waals surface area contributed by atoms with Crippen molar-refractivity contribution < 1.29 is 9.47 Å². The molecule has 112 valence electrons. The van der Waals surface area contributed by atoms with Crippen LogP contribution in [0, 0.1) is 0 Å². The Labute approximate surface area is 132 Å². The second kappa shape index (κ2) is 5.88. The number of fused-ring (bicyclic) bond motifs is 1. The van der Waals surface area contributed by atoms with Gasteiger partial charge in [0.1, 0.15) is 5.15 Å². The Morgan fingerprint density at radius 3 is 2.81 bits per heavy atom. The Morgan fingerprint density at radius 1 is 1.38 bits per heavy atom. The first-order valence-electron chi connectivity index (χ1n) is 6.54. The number of hydrogen-bond acceptors (Lipinski definition) is 6. The number of aromatic nitrogens is 2. The van der Waals surface area contributed by atoms with Gasteiger partial charge in [0.25, 0.3) is 0 Å². The van der Waals surface area contributed by atoms with Crippen LogP contribution in [0.1, 0.15) is 18.2 Å². The molecule has 2 aliphatic rings. The third-order valence-corrected chi connectivity index (χ3v) is 3.78. The summed E-state index contributed by atoms with van der Waals surface area (Å²) < 4.78 is 10.9. The standard InChI is InChI=1S/C13H14Cl2N4O2/c1-6-20-12(21-6)9(16-2)5-8-10-7(3-4-17-8)11(14)19-13(15)18-10/h5-6,12,17H,3-4H2,1-2H3/b8-5-,16-9+. The zero-order valence-corrected chi connectivity index (χ0v) is 13.1. The van der Waals surface area contributed by atoms with Crippen LogP contribution in [0.2, 0.25) is 10.4 Å². The van der Waals surface area contributed by atoms with Gasteiger partial charge in [0, 0.05) is 19.2 Å². The molecule has 6 nitrogen and oxygen atoms in total. The Balaban J connectivity index is 1.96. The van der Waals surface area contributed by atoms with E-state index in [4.69, 9.17) is 32.7 Å². The minimum absolute atomic E-state index is 0.119. The average molecular weight is 329 g/mol. The topological polar surface area (TPSA) is 68.6 Å². The maximum atomic E-state index is 6.13. The molecular formula is C13H14Cl2N4O2. The van der Waals surface area contributed by atoms with Gasteiger partial charge in [0.05, 0.1) is 17.1 Å². The van der Waals surface area contributed by atoms with Crippen molar-refractivity contribution in [2.45, 2.75) is 25.9 Å². The summed E-state index contributed by atoms with van der Waals surface area (Å²) in [5, 5.41) is 3.78. The van der Waals surface area contributed by atoms with Gasteiger partial charge in [-0.1, -0.05) is 11.6 Å². The molecule has 0 unspecified atom stereocenters. The van der Waals surface area contributed by atoms with Crippen molar-refractivity contribution in [2.75, 3.05) is 13.6 Å². The molecular weight excluding hydrogens is 315 g/mol. The summed E-state index contributed by atoms with van der Waals surface area (Å²) in [6.45, 7) is 2.57. The number of nitrogens with one attached hydrogen (secondary N) is 1. The van der Waals surface area contributed by atoms with E-state index in [1.807, 2.05) is 13.0 Å². The molecule has 1 saturated heterocycles. The van der Waals surface area contributed by atoms with E-state index in [0.29, 0.717) is 16.6 Å². The Kier molecular flexibility index (Phi) is 4.12. The number of aliphatic imine (C=N–C) groups is 1. The molecule has 8 heteroatoms. The number of ether oxygens (including phenoxy) is 2. The monoisotopic (exact) mass is 328 g/mol. The lowest BCUT2D eigenvalue weighted by atomic mass is 10.0. The molecule has 0 spiro atoms. The molecule has 21 heavy (non-hydrogen) atoms. The van der Waals surface area contributed by atoms with Crippen molar-refractivity contribution in [1.82, 2.24) is 15.3 Å². The molecule has 1 fully saturated rings. The van der Waals surface area contributed by atoms with Crippen molar-refractivity contribution in [3.63, 3.8) is 0 Å².